The summed E-state index contributed by atoms with van der Waals surface area (Å²) in [6, 6.07) is 32.6. The Morgan fingerprint density at radius 2 is 1.41 bits per heavy atom. The van der Waals surface area contributed by atoms with E-state index in [0.717, 1.165) is 49.1 Å². The summed E-state index contributed by atoms with van der Waals surface area (Å²) in [4.78, 5) is 9.89. The molecule has 0 saturated heterocycles. The first-order valence-corrected chi connectivity index (χ1v) is 15.1. The van der Waals surface area contributed by atoms with E-state index < -0.39 is 0 Å². The average Bonchev–Trinajstić information content (AvgIpc) is 3.48. The molecule has 7 rings (SSSR count). The van der Waals surface area contributed by atoms with Crippen molar-refractivity contribution in [3.05, 3.63) is 127 Å². The number of aromatic nitrogens is 2. The van der Waals surface area contributed by atoms with Gasteiger partial charge in [0.2, 0.25) is 0 Å². The molecule has 0 aliphatic rings. The molecule has 0 atom stereocenters. The second-order valence-corrected chi connectivity index (χ2v) is 10.3. The highest BCUT2D eigenvalue weighted by Gasteiger charge is 2.14. The SMILES string of the molecule is C=CNC(C=C)=Nc1cc2ccc(-c3ccc4c(c3)c3ccccc3n3c(=C/C)/c(=C\C)nc43)cc2c2ccccc12.CC. The number of amidine groups is 1. The third-order valence-electron chi connectivity index (χ3n) is 8.04. The number of imidazole rings is 1. The first kappa shape index (κ1) is 28.6. The van der Waals surface area contributed by atoms with Crippen LogP contribution in [0.25, 0.3) is 72.1 Å². The van der Waals surface area contributed by atoms with Gasteiger partial charge in [0.1, 0.15) is 11.5 Å². The standard InChI is InChI=1S/C38H30N4.C2H6/c1-5-33-35(6-2)42-36-16-12-11-15-29(36)32-22-25(19-20-30(32)38(42)41-33)24-17-18-26-23-34(40-37(7-3)39-8-4)28-14-10-9-13-27(28)31(26)21-24;1-2/h5-23H,3-4H2,1-2H3,(H,39,40);1-2H3/b33-5+,35-6+;. The van der Waals surface area contributed by atoms with Crippen LogP contribution in [0.1, 0.15) is 27.7 Å². The Balaban J connectivity index is 0.00000168. The van der Waals surface area contributed by atoms with Gasteiger partial charge in [-0.1, -0.05) is 99.8 Å². The molecule has 0 fully saturated rings. The summed E-state index contributed by atoms with van der Waals surface area (Å²) >= 11 is 0. The predicted octanol–water partition coefficient (Wildman–Crippen LogP) is 9.19. The maximum absolute atomic E-state index is 5.05. The van der Waals surface area contributed by atoms with Crippen molar-refractivity contribution in [3.63, 3.8) is 0 Å². The molecular weight excluding hydrogens is 536 g/mol. The molecule has 0 amide bonds. The fourth-order valence-corrected chi connectivity index (χ4v) is 6.13. The van der Waals surface area contributed by atoms with Crippen molar-refractivity contribution in [1.82, 2.24) is 14.7 Å². The van der Waals surface area contributed by atoms with Gasteiger partial charge in [-0.25, -0.2) is 9.98 Å². The maximum Gasteiger partial charge on any atom is 0.146 e. The van der Waals surface area contributed by atoms with Gasteiger partial charge in [-0.3, -0.25) is 4.40 Å². The summed E-state index contributed by atoms with van der Waals surface area (Å²) in [5.41, 5.74) is 5.38. The molecule has 44 heavy (non-hydrogen) atoms. The highest BCUT2D eigenvalue weighted by molar-refractivity contribution is 6.15. The molecule has 0 unspecified atom stereocenters. The molecule has 0 spiro atoms. The minimum absolute atomic E-state index is 0.661. The lowest BCUT2D eigenvalue weighted by Crippen LogP contribution is -2.26. The Bertz CT molecular complexity index is 2390. The third-order valence-corrected chi connectivity index (χ3v) is 8.04. The van der Waals surface area contributed by atoms with Crippen molar-refractivity contribution in [2.24, 2.45) is 4.99 Å². The lowest BCUT2D eigenvalue weighted by Gasteiger charge is -2.12. The van der Waals surface area contributed by atoms with E-state index in [1.54, 1.807) is 12.3 Å². The summed E-state index contributed by atoms with van der Waals surface area (Å²) < 4.78 is 2.29. The number of para-hydroxylation sites is 1. The van der Waals surface area contributed by atoms with Crippen LogP contribution in [-0.4, -0.2) is 15.2 Å². The monoisotopic (exact) mass is 572 g/mol. The van der Waals surface area contributed by atoms with Crippen LogP contribution in [0.15, 0.2) is 121 Å². The first-order valence-electron chi connectivity index (χ1n) is 15.1. The Hall–Kier alpha value is -5.48. The van der Waals surface area contributed by atoms with E-state index in [0.29, 0.717) is 5.84 Å². The molecule has 0 saturated carbocycles. The van der Waals surface area contributed by atoms with Crippen molar-refractivity contribution >= 4 is 72.5 Å². The van der Waals surface area contributed by atoms with Crippen LogP contribution in [0.5, 0.6) is 0 Å². The van der Waals surface area contributed by atoms with Gasteiger partial charge >= 0.3 is 0 Å². The molecule has 4 heteroatoms. The summed E-state index contributed by atoms with van der Waals surface area (Å²) in [6.07, 6.45) is 7.55. The number of nitrogens with one attached hydrogen (secondary N) is 1. The minimum Gasteiger partial charge on any atom is -0.347 e. The van der Waals surface area contributed by atoms with Gasteiger partial charge in [-0.2, -0.15) is 0 Å². The van der Waals surface area contributed by atoms with Crippen LogP contribution in [0.4, 0.5) is 5.69 Å². The number of hydrogen-bond donors (Lipinski definition) is 1. The normalized spacial score (nSPS) is 12.7. The Morgan fingerprint density at radius 3 is 2.11 bits per heavy atom. The molecule has 216 valence electrons. The van der Waals surface area contributed by atoms with Gasteiger partial charge < -0.3 is 5.32 Å². The van der Waals surface area contributed by atoms with Crippen molar-refractivity contribution < 1.29 is 0 Å². The molecule has 2 heterocycles. The second kappa shape index (κ2) is 12.0. The van der Waals surface area contributed by atoms with Crippen LogP contribution >= 0.6 is 0 Å². The molecule has 4 nitrogen and oxygen atoms in total. The smallest absolute Gasteiger partial charge is 0.146 e. The first-order chi connectivity index (χ1) is 21.6. The molecule has 0 bridgehead atoms. The molecule has 0 aliphatic carbocycles. The van der Waals surface area contributed by atoms with Crippen LogP contribution in [0.3, 0.4) is 0 Å². The van der Waals surface area contributed by atoms with Gasteiger partial charge in [0.05, 0.1) is 21.9 Å². The number of hydrogen-bond acceptors (Lipinski definition) is 2. The van der Waals surface area contributed by atoms with Crippen LogP contribution in [-0.2, 0) is 0 Å². The van der Waals surface area contributed by atoms with E-state index in [-0.39, 0.29) is 0 Å². The molecular formula is C40H36N4. The molecule has 5 aromatic carbocycles. The van der Waals surface area contributed by atoms with Gasteiger partial charge in [0.25, 0.3) is 0 Å². The van der Waals surface area contributed by atoms with Crippen LogP contribution < -0.4 is 16.0 Å². The van der Waals surface area contributed by atoms with Crippen molar-refractivity contribution in [2.75, 3.05) is 0 Å². The van der Waals surface area contributed by atoms with Crippen molar-refractivity contribution in [2.45, 2.75) is 27.7 Å². The van der Waals surface area contributed by atoms with E-state index in [4.69, 9.17) is 9.98 Å². The van der Waals surface area contributed by atoms with Gasteiger partial charge in [-0.15, -0.1) is 0 Å². The topological polar surface area (TPSA) is 41.7 Å². The third kappa shape index (κ3) is 4.65. The highest BCUT2D eigenvalue weighted by atomic mass is 15.0. The van der Waals surface area contributed by atoms with Gasteiger partial charge in [-0.05, 0) is 89.1 Å². The number of rotatable bonds is 4. The number of benzene rings is 5. The summed E-state index contributed by atoms with van der Waals surface area (Å²) in [5, 5.41) is 13.3. The zero-order valence-electron chi connectivity index (χ0n) is 25.7. The lowest BCUT2D eigenvalue weighted by atomic mass is 9.94. The Morgan fingerprint density at radius 1 is 0.727 bits per heavy atom. The minimum atomic E-state index is 0.661. The predicted molar refractivity (Wildman–Crippen MR) is 192 cm³/mol. The number of fused-ring (bicyclic) bond motifs is 9. The van der Waals surface area contributed by atoms with E-state index in [1.165, 1.54) is 27.3 Å². The quantitative estimate of drug-likeness (QED) is 0.130. The number of pyridine rings is 1. The van der Waals surface area contributed by atoms with E-state index in [1.807, 2.05) is 20.8 Å². The van der Waals surface area contributed by atoms with Crippen molar-refractivity contribution in [3.8, 4) is 11.1 Å². The maximum atomic E-state index is 5.05. The second-order valence-electron chi connectivity index (χ2n) is 10.3. The molecule has 7 aromatic rings. The molecule has 2 aromatic heterocycles. The highest BCUT2D eigenvalue weighted by Crippen LogP contribution is 2.37. The lowest BCUT2D eigenvalue weighted by molar-refractivity contribution is 1.20. The fourth-order valence-electron chi connectivity index (χ4n) is 6.13. The molecule has 1 N–H and O–H groups in total. The van der Waals surface area contributed by atoms with E-state index >= 15 is 0 Å². The number of aliphatic imine (C=N–C) groups is 1. The largest absolute Gasteiger partial charge is 0.347 e. The summed E-state index contributed by atoms with van der Waals surface area (Å²) in [7, 11) is 0. The van der Waals surface area contributed by atoms with Crippen LogP contribution in [0.2, 0.25) is 0 Å². The zero-order chi connectivity index (χ0) is 30.8. The molecule has 0 aliphatic heterocycles. The van der Waals surface area contributed by atoms with Crippen molar-refractivity contribution in [1.29, 1.82) is 0 Å². The Kier molecular flexibility index (Phi) is 7.82. The summed E-state index contributed by atoms with van der Waals surface area (Å²) in [6.45, 7) is 15.8. The number of nitrogens with zero attached hydrogens (tertiary/aromatic N) is 3. The van der Waals surface area contributed by atoms with E-state index in [9.17, 15) is 0 Å². The average molecular weight is 573 g/mol. The molecule has 0 radical (unpaired) electrons. The van der Waals surface area contributed by atoms with E-state index in [2.05, 4.69) is 133 Å². The fraction of sp³-hybridized carbons (Fsp3) is 0.100. The summed E-state index contributed by atoms with van der Waals surface area (Å²) in [5.74, 6) is 0.661. The zero-order valence-corrected chi connectivity index (χ0v) is 25.7. The van der Waals surface area contributed by atoms with Gasteiger partial charge in [0, 0.05) is 16.2 Å². The Labute approximate surface area is 257 Å². The van der Waals surface area contributed by atoms with Crippen LogP contribution in [0, 0.1) is 0 Å². The van der Waals surface area contributed by atoms with Gasteiger partial charge in [0.15, 0.2) is 0 Å².